The first-order chi connectivity index (χ1) is 8.91. The second kappa shape index (κ2) is 4.84. The maximum atomic E-state index is 12.7. The largest absolute Gasteiger partial charge is 0.335 e. The highest BCUT2D eigenvalue weighted by molar-refractivity contribution is 6.32. The Bertz CT molecular complexity index is 646. The zero-order chi connectivity index (χ0) is 14.2. The van der Waals surface area contributed by atoms with Gasteiger partial charge >= 0.3 is 5.69 Å². The number of rotatable bonds is 3. The first kappa shape index (κ1) is 13.3. The van der Waals surface area contributed by atoms with Crippen molar-refractivity contribution in [2.24, 2.45) is 0 Å². The monoisotopic (exact) mass is 289 g/mol. The van der Waals surface area contributed by atoms with E-state index in [1.165, 1.54) is 12.4 Å². The van der Waals surface area contributed by atoms with Gasteiger partial charge in [0.1, 0.15) is 6.33 Å². The molecule has 0 radical (unpaired) electrons. The molecular weight excluding hydrogens is 284 g/mol. The molecule has 0 spiro atoms. The van der Waals surface area contributed by atoms with Crippen molar-refractivity contribution in [3.8, 4) is 5.82 Å². The lowest BCUT2D eigenvalue weighted by Crippen LogP contribution is -2.01. The lowest BCUT2D eigenvalue weighted by Gasteiger charge is -2.00. The van der Waals surface area contributed by atoms with E-state index in [2.05, 4.69) is 15.1 Å². The molecule has 0 amide bonds. The van der Waals surface area contributed by atoms with Crippen molar-refractivity contribution in [3.63, 3.8) is 0 Å². The molecule has 0 unspecified atom stereocenters. The molecule has 0 aliphatic carbocycles. The predicted octanol–water partition coefficient (Wildman–Crippen LogP) is 2.47. The number of nitrogens with zero attached hydrogens (tertiary/aromatic N) is 5. The molecular formula is C9H6ClF2N5O2. The van der Waals surface area contributed by atoms with Gasteiger partial charge in [-0.25, -0.2) is 18.7 Å². The summed E-state index contributed by atoms with van der Waals surface area (Å²) in [5.41, 5.74) is -1.38. The van der Waals surface area contributed by atoms with Crippen molar-refractivity contribution < 1.29 is 13.7 Å². The van der Waals surface area contributed by atoms with Crippen LogP contribution < -0.4 is 0 Å². The normalized spacial score (nSPS) is 11.0. The van der Waals surface area contributed by atoms with E-state index in [0.717, 1.165) is 4.68 Å². The summed E-state index contributed by atoms with van der Waals surface area (Å²) in [4.78, 5) is 17.4. The van der Waals surface area contributed by atoms with Crippen LogP contribution in [0.3, 0.4) is 0 Å². The number of halogens is 3. The van der Waals surface area contributed by atoms with Gasteiger partial charge in [0.15, 0.2) is 5.82 Å². The molecule has 7 nitrogen and oxygen atoms in total. The van der Waals surface area contributed by atoms with Crippen LogP contribution in [-0.4, -0.2) is 24.7 Å². The number of nitro groups is 1. The highest BCUT2D eigenvalue weighted by Gasteiger charge is 2.33. The summed E-state index contributed by atoms with van der Waals surface area (Å²) in [6.45, 7) is 1.64. The second-order valence-electron chi connectivity index (χ2n) is 3.51. The predicted molar refractivity (Wildman–Crippen MR) is 60.5 cm³/mol. The van der Waals surface area contributed by atoms with Crippen LogP contribution in [0.2, 0.25) is 5.15 Å². The highest BCUT2D eigenvalue weighted by Crippen LogP contribution is 2.35. The van der Waals surface area contributed by atoms with Crippen LogP contribution in [-0.2, 0) is 0 Å². The van der Waals surface area contributed by atoms with Crippen LogP contribution in [0.5, 0.6) is 0 Å². The van der Waals surface area contributed by atoms with Crippen LogP contribution >= 0.6 is 11.6 Å². The molecule has 0 aliphatic rings. The van der Waals surface area contributed by atoms with Crippen LogP contribution in [0.4, 0.5) is 14.5 Å². The van der Waals surface area contributed by atoms with E-state index in [4.69, 9.17) is 11.6 Å². The Hall–Kier alpha value is -2.16. The van der Waals surface area contributed by atoms with Gasteiger partial charge in [-0.2, -0.15) is 9.78 Å². The Balaban J connectivity index is 2.66. The topological polar surface area (TPSA) is 86.7 Å². The molecule has 0 saturated carbocycles. The fourth-order valence-corrected chi connectivity index (χ4v) is 1.72. The van der Waals surface area contributed by atoms with Crippen molar-refractivity contribution in [2.75, 3.05) is 0 Å². The van der Waals surface area contributed by atoms with Crippen LogP contribution in [0, 0.1) is 17.0 Å². The molecule has 0 atom stereocenters. The summed E-state index contributed by atoms with van der Waals surface area (Å²) < 4.78 is 26.2. The zero-order valence-corrected chi connectivity index (χ0v) is 10.2. The molecule has 0 aromatic carbocycles. The van der Waals surface area contributed by atoms with Crippen molar-refractivity contribution in [1.29, 1.82) is 0 Å². The van der Waals surface area contributed by atoms with Crippen LogP contribution in [0.1, 0.15) is 17.8 Å². The van der Waals surface area contributed by atoms with Gasteiger partial charge in [-0.15, -0.1) is 0 Å². The number of aryl methyl sites for hydroxylation is 1. The van der Waals surface area contributed by atoms with E-state index in [1.54, 1.807) is 6.92 Å². The van der Waals surface area contributed by atoms with Gasteiger partial charge in [0.05, 0.1) is 4.92 Å². The maximum Gasteiger partial charge on any atom is 0.335 e. The summed E-state index contributed by atoms with van der Waals surface area (Å²) in [6.07, 6.45) is -1.93. The minimum Gasteiger partial charge on any atom is -0.258 e. The third-order valence-electron chi connectivity index (χ3n) is 2.23. The second-order valence-corrected chi connectivity index (χ2v) is 3.87. The quantitative estimate of drug-likeness (QED) is 0.640. The van der Waals surface area contributed by atoms with Gasteiger partial charge in [0, 0.05) is 11.8 Å². The first-order valence-corrected chi connectivity index (χ1v) is 5.29. The highest BCUT2D eigenvalue weighted by atomic mass is 35.5. The lowest BCUT2D eigenvalue weighted by molar-refractivity contribution is -0.386. The van der Waals surface area contributed by atoms with Gasteiger partial charge in [0.2, 0.25) is 10.8 Å². The maximum absolute atomic E-state index is 12.7. The first-order valence-electron chi connectivity index (χ1n) is 4.91. The molecule has 0 N–H and O–H groups in total. The Morgan fingerprint density at radius 3 is 2.63 bits per heavy atom. The molecule has 2 aromatic rings. The number of hydrogen-bond donors (Lipinski definition) is 0. The minimum absolute atomic E-state index is 0.0764. The van der Waals surface area contributed by atoms with Gasteiger partial charge in [-0.05, 0) is 6.92 Å². The summed E-state index contributed by atoms with van der Waals surface area (Å²) in [7, 11) is 0. The van der Waals surface area contributed by atoms with E-state index < -0.39 is 27.9 Å². The summed E-state index contributed by atoms with van der Waals surface area (Å²) in [5, 5.41) is 13.7. The van der Waals surface area contributed by atoms with Crippen molar-refractivity contribution in [2.45, 2.75) is 13.3 Å². The molecule has 2 rings (SSSR count). The van der Waals surface area contributed by atoms with Gasteiger partial charge in [-0.3, -0.25) is 10.1 Å². The average molecular weight is 290 g/mol. The SMILES string of the molecule is Cc1cc(-n2nc(C(F)F)c([N+](=O)[O-])c2Cl)ncn1. The van der Waals surface area contributed by atoms with Crippen molar-refractivity contribution in [1.82, 2.24) is 19.7 Å². The average Bonchev–Trinajstić information content (AvgIpc) is 2.67. The molecule has 2 heterocycles. The molecule has 0 aliphatic heterocycles. The Labute approximate surface area is 110 Å². The summed E-state index contributed by atoms with van der Waals surface area (Å²) in [5.74, 6) is 0.0764. The van der Waals surface area contributed by atoms with E-state index in [0.29, 0.717) is 5.69 Å². The number of alkyl halides is 2. The lowest BCUT2D eigenvalue weighted by atomic mass is 10.4. The van der Waals surface area contributed by atoms with Gasteiger partial charge < -0.3 is 0 Å². The fraction of sp³-hybridized carbons (Fsp3) is 0.222. The van der Waals surface area contributed by atoms with E-state index in [9.17, 15) is 18.9 Å². The Morgan fingerprint density at radius 2 is 2.16 bits per heavy atom. The van der Waals surface area contributed by atoms with Crippen molar-refractivity contribution >= 4 is 17.3 Å². The molecule has 19 heavy (non-hydrogen) atoms. The smallest absolute Gasteiger partial charge is 0.258 e. The molecule has 0 bridgehead atoms. The van der Waals surface area contributed by atoms with Gasteiger partial charge in [0.25, 0.3) is 6.43 Å². The molecule has 0 saturated heterocycles. The van der Waals surface area contributed by atoms with Gasteiger partial charge in [-0.1, -0.05) is 11.6 Å². The Kier molecular flexibility index (Phi) is 3.38. The zero-order valence-electron chi connectivity index (χ0n) is 9.42. The minimum atomic E-state index is -3.11. The van der Waals surface area contributed by atoms with Crippen LogP contribution in [0.25, 0.3) is 5.82 Å². The molecule has 2 aromatic heterocycles. The van der Waals surface area contributed by atoms with E-state index >= 15 is 0 Å². The number of hydrogen-bond acceptors (Lipinski definition) is 5. The molecule has 10 heteroatoms. The Morgan fingerprint density at radius 1 is 1.47 bits per heavy atom. The van der Waals surface area contributed by atoms with E-state index in [1.807, 2.05) is 0 Å². The van der Waals surface area contributed by atoms with Crippen molar-refractivity contribution in [3.05, 3.63) is 39.0 Å². The fourth-order valence-electron chi connectivity index (χ4n) is 1.43. The standard InChI is InChI=1S/C9H6ClF2N5O2/c1-4-2-5(14-3-13-4)16-8(10)7(17(18)19)6(15-16)9(11)12/h2-3,9H,1H3. The van der Waals surface area contributed by atoms with E-state index in [-0.39, 0.29) is 5.82 Å². The summed E-state index contributed by atoms with van der Waals surface area (Å²) in [6, 6.07) is 1.41. The summed E-state index contributed by atoms with van der Waals surface area (Å²) >= 11 is 5.72. The third-order valence-corrected chi connectivity index (χ3v) is 2.57. The number of aromatic nitrogens is 4. The van der Waals surface area contributed by atoms with Crippen LogP contribution in [0.15, 0.2) is 12.4 Å². The third kappa shape index (κ3) is 2.36. The molecule has 0 fully saturated rings. The molecule has 100 valence electrons.